The lowest BCUT2D eigenvalue weighted by atomic mass is 9.95. The Morgan fingerprint density at radius 3 is 2.73 bits per heavy atom. The molecule has 1 fully saturated rings. The van der Waals surface area contributed by atoms with Crippen LogP contribution < -0.4 is 5.32 Å². The molecule has 0 unspecified atom stereocenters. The second-order valence-electron chi connectivity index (χ2n) is 5.75. The Morgan fingerprint density at radius 2 is 2.14 bits per heavy atom. The molecule has 0 aliphatic heterocycles. The van der Waals surface area contributed by atoms with Gasteiger partial charge >= 0.3 is 0 Å². The van der Waals surface area contributed by atoms with Crippen LogP contribution >= 0.6 is 23.1 Å². The normalized spacial score (nSPS) is 21.7. The predicted octanol–water partition coefficient (Wildman–Crippen LogP) is 4.19. The second kappa shape index (κ2) is 6.87. The second-order valence-corrected chi connectivity index (χ2v) is 8.16. The summed E-state index contributed by atoms with van der Waals surface area (Å²) >= 11 is 3.61. The minimum atomic E-state index is -0.0887. The number of nitrogens with zero attached hydrogens (tertiary/aromatic N) is 1. The average Bonchev–Trinajstić information content (AvgIpc) is 3.10. The van der Waals surface area contributed by atoms with Crippen LogP contribution in [-0.4, -0.2) is 22.2 Å². The van der Waals surface area contributed by atoms with Crippen LogP contribution in [0.4, 0.5) is 0 Å². The van der Waals surface area contributed by atoms with Crippen molar-refractivity contribution in [3.05, 3.63) is 34.7 Å². The van der Waals surface area contributed by atoms with E-state index in [1.54, 1.807) is 17.6 Å². The first kappa shape index (κ1) is 15.6. The van der Waals surface area contributed by atoms with Crippen molar-refractivity contribution in [2.45, 2.75) is 55.2 Å². The highest BCUT2D eigenvalue weighted by molar-refractivity contribution is 8.01. The number of rotatable bonds is 4. The van der Waals surface area contributed by atoms with Crippen molar-refractivity contribution in [3.63, 3.8) is 0 Å². The standard InChI is InChI=1S/C16H20N2O2S2/c1-10-7-8-20-14(10)15(19)18-12-3-5-13(6-4-12)22-16-17-11(2)9-21-16/h7-9,12-13H,3-6H2,1-2H3,(H,18,19). The molecule has 1 saturated carbocycles. The van der Waals surface area contributed by atoms with E-state index in [-0.39, 0.29) is 11.9 Å². The fourth-order valence-electron chi connectivity index (χ4n) is 2.71. The highest BCUT2D eigenvalue weighted by Gasteiger charge is 2.25. The molecule has 4 nitrogen and oxygen atoms in total. The summed E-state index contributed by atoms with van der Waals surface area (Å²) in [6.07, 6.45) is 5.84. The largest absolute Gasteiger partial charge is 0.459 e. The lowest BCUT2D eigenvalue weighted by Crippen LogP contribution is -2.38. The van der Waals surface area contributed by atoms with E-state index < -0.39 is 0 Å². The van der Waals surface area contributed by atoms with E-state index >= 15 is 0 Å². The van der Waals surface area contributed by atoms with Crippen molar-refractivity contribution in [2.24, 2.45) is 0 Å². The van der Waals surface area contributed by atoms with Gasteiger partial charge in [0.25, 0.3) is 5.91 Å². The number of hydrogen-bond donors (Lipinski definition) is 1. The summed E-state index contributed by atoms with van der Waals surface area (Å²) in [5, 5.41) is 5.81. The van der Waals surface area contributed by atoms with Crippen LogP contribution in [0.3, 0.4) is 0 Å². The van der Waals surface area contributed by atoms with Crippen molar-refractivity contribution in [2.75, 3.05) is 0 Å². The summed E-state index contributed by atoms with van der Waals surface area (Å²) in [5.74, 6) is 0.351. The van der Waals surface area contributed by atoms with Crippen LogP contribution in [0, 0.1) is 13.8 Å². The Bertz CT molecular complexity index is 642. The van der Waals surface area contributed by atoms with Gasteiger partial charge in [-0.3, -0.25) is 4.79 Å². The molecule has 1 amide bonds. The number of nitrogens with one attached hydrogen (secondary N) is 1. The fourth-order valence-corrected chi connectivity index (χ4v) is 5.00. The molecule has 3 rings (SSSR count). The van der Waals surface area contributed by atoms with Crippen LogP contribution in [0.5, 0.6) is 0 Å². The minimum Gasteiger partial charge on any atom is -0.459 e. The Labute approximate surface area is 138 Å². The highest BCUT2D eigenvalue weighted by Crippen LogP contribution is 2.35. The number of hydrogen-bond acceptors (Lipinski definition) is 5. The molecule has 0 aromatic carbocycles. The van der Waals surface area contributed by atoms with Gasteiger partial charge in [0.1, 0.15) is 4.34 Å². The van der Waals surface area contributed by atoms with Crippen LogP contribution in [0.15, 0.2) is 26.5 Å². The van der Waals surface area contributed by atoms with Crippen LogP contribution in [0.1, 0.15) is 47.5 Å². The maximum Gasteiger partial charge on any atom is 0.287 e. The SMILES string of the molecule is Cc1csc(SC2CCC(NC(=O)c3occc3C)CC2)n1. The molecular weight excluding hydrogens is 316 g/mol. The molecule has 0 radical (unpaired) electrons. The molecule has 2 aromatic rings. The van der Waals surface area contributed by atoms with E-state index in [1.807, 2.05) is 31.7 Å². The zero-order valence-electron chi connectivity index (χ0n) is 12.8. The summed E-state index contributed by atoms with van der Waals surface area (Å²) in [7, 11) is 0. The van der Waals surface area contributed by atoms with Gasteiger partial charge in [-0.2, -0.15) is 0 Å². The van der Waals surface area contributed by atoms with E-state index in [1.165, 1.54) is 0 Å². The number of amides is 1. The zero-order valence-corrected chi connectivity index (χ0v) is 14.4. The summed E-state index contributed by atoms with van der Waals surface area (Å²) in [6, 6.07) is 2.07. The lowest BCUT2D eigenvalue weighted by Gasteiger charge is -2.28. The van der Waals surface area contributed by atoms with Gasteiger partial charge in [0.15, 0.2) is 5.76 Å². The van der Waals surface area contributed by atoms with Gasteiger partial charge in [-0.15, -0.1) is 11.3 Å². The van der Waals surface area contributed by atoms with Crippen molar-refractivity contribution >= 4 is 29.0 Å². The van der Waals surface area contributed by atoms with Gasteiger partial charge in [0.05, 0.1) is 6.26 Å². The summed E-state index contributed by atoms with van der Waals surface area (Å²) < 4.78 is 6.41. The Morgan fingerprint density at radius 1 is 1.36 bits per heavy atom. The van der Waals surface area contributed by atoms with Crippen molar-refractivity contribution in [3.8, 4) is 0 Å². The van der Waals surface area contributed by atoms with Gasteiger partial charge in [0.2, 0.25) is 0 Å². The Balaban J connectivity index is 1.47. The number of carbonyl (C=O) groups excluding carboxylic acids is 1. The van der Waals surface area contributed by atoms with Crippen LogP contribution in [-0.2, 0) is 0 Å². The number of aromatic nitrogens is 1. The number of furan rings is 1. The van der Waals surface area contributed by atoms with Crippen molar-refractivity contribution in [1.29, 1.82) is 0 Å². The Hall–Kier alpha value is -1.27. The molecule has 6 heteroatoms. The monoisotopic (exact) mass is 336 g/mol. The van der Waals surface area contributed by atoms with E-state index in [0.717, 1.165) is 41.3 Å². The molecule has 1 N–H and O–H groups in total. The Kier molecular flexibility index (Phi) is 4.88. The first-order valence-electron chi connectivity index (χ1n) is 7.55. The molecule has 2 aromatic heterocycles. The van der Waals surface area contributed by atoms with Crippen LogP contribution in [0.2, 0.25) is 0 Å². The molecule has 0 spiro atoms. The molecule has 0 bridgehead atoms. The van der Waals surface area contributed by atoms with Gasteiger partial charge in [-0.05, 0) is 45.6 Å². The molecule has 118 valence electrons. The number of aryl methyl sites for hydroxylation is 2. The number of thioether (sulfide) groups is 1. The quantitative estimate of drug-likeness (QED) is 0.910. The third-order valence-corrected chi connectivity index (χ3v) is 6.37. The van der Waals surface area contributed by atoms with E-state index in [0.29, 0.717) is 11.0 Å². The smallest absolute Gasteiger partial charge is 0.287 e. The third-order valence-electron chi connectivity index (χ3n) is 3.94. The maximum absolute atomic E-state index is 12.2. The highest BCUT2D eigenvalue weighted by atomic mass is 32.2. The minimum absolute atomic E-state index is 0.0887. The van der Waals surface area contributed by atoms with E-state index in [2.05, 4.69) is 15.7 Å². The number of thiazole rings is 1. The molecule has 0 saturated heterocycles. The molecule has 22 heavy (non-hydrogen) atoms. The van der Waals surface area contributed by atoms with Gasteiger partial charge in [-0.25, -0.2) is 4.98 Å². The molecule has 2 heterocycles. The topological polar surface area (TPSA) is 55.1 Å². The average molecular weight is 336 g/mol. The van der Waals surface area contributed by atoms with Gasteiger partial charge in [0, 0.05) is 27.9 Å². The van der Waals surface area contributed by atoms with Crippen molar-refractivity contribution < 1.29 is 9.21 Å². The third kappa shape index (κ3) is 3.73. The fraction of sp³-hybridized carbons (Fsp3) is 0.500. The summed E-state index contributed by atoms with van der Waals surface area (Å²) in [4.78, 5) is 16.7. The molecular formula is C16H20N2O2S2. The maximum atomic E-state index is 12.2. The molecule has 1 aliphatic carbocycles. The first-order valence-corrected chi connectivity index (χ1v) is 9.31. The van der Waals surface area contributed by atoms with E-state index in [9.17, 15) is 4.79 Å². The predicted molar refractivity (Wildman–Crippen MR) is 89.7 cm³/mol. The molecule has 1 aliphatic rings. The van der Waals surface area contributed by atoms with Gasteiger partial charge in [-0.1, -0.05) is 11.8 Å². The summed E-state index contributed by atoms with van der Waals surface area (Å²) in [5.41, 5.74) is 1.99. The first-order chi connectivity index (χ1) is 10.6. The van der Waals surface area contributed by atoms with Crippen molar-refractivity contribution in [1.82, 2.24) is 10.3 Å². The number of carbonyl (C=O) groups is 1. The molecule has 0 atom stereocenters. The summed E-state index contributed by atoms with van der Waals surface area (Å²) in [6.45, 7) is 3.92. The van der Waals surface area contributed by atoms with Crippen LogP contribution in [0.25, 0.3) is 0 Å². The van der Waals surface area contributed by atoms with E-state index in [4.69, 9.17) is 4.42 Å². The van der Waals surface area contributed by atoms with Gasteiger partial charge < -0.3 is 9.73 Å². The zero-order chi connectivity index (χ0) is 15.5. The lowest BCUT2D eigenvalue weighted by molar-refractivity contribution is 0.0899.